The van der Waals surface area contributed by atoms with Crippen molar-refractivity contribution in [1.29, 1.82) is 0 Å². The van der Waals surface area contributed by atoms with Crippen molar-refractivity contribution in [3.05, 3.63) is 93.5 Å². The highest BCUT2D eigenvalue weighted by Gasteiger charge is 2.33. The number of carbonyl (C=O) groups excluding carboxylic acids is 2. The van der Waals surface area contributed by atoms with E-state index >= 15 is 0 Å². The predicted octanol–water partition coefficient (Wildman–Crippen LogP) is 4.85. The minimum Gasteiger partial charge on any atom is -0.495 e. The van der Waals surface area contributed by atoms with Crippen molar-refractivity contribution >= 4 is 50.7 Å². The number of methoxy groups -OCH3 is 1. The molecule has 0 unspecified atom stereocenters. The Labute approximate surface area is 245 Å². The van der Waals surface area contributed by atoms with Gasteiger partial charge in [-0.3, -0.25) is 13.9 Å². The number of hydrogen-bond acceptors (Lipinski definition) is 5. The molecular weight excluding hydrogens is 573 g/mol. The van der Waals surface area contributed by atoms with E-state index in [1.165, 1.54) is 12.0 Å². The molecule has 0 saturated carbocycles. The number of nitrogens with zero attached hydrogens (tertiary/aromatic N) is 2. The number of rotatable bonds is 12. The van der Waals surface area contributed by atoms with Gasteiger partial charge in [0.15, 0.2) is 0 Å². The maximum atomic E-state index is 14.1. The fourth-order valence-electron chi connectivity index (χ4n) is 4.27. The summed E-state index contributed by atoms with van der Waals surface area (Å²) in [6.45, 7) is 3.40. The zero-order valence-electron chi connectivity index (χ0n) is 22.9. The Morgan fingerprint density at radius 1 is 0.975 bits per heavy atom. The van der Waals surface area contributed by atoms with Gasteiger partial charge in [-0.15, -0.1) is 0 Å². The lowest BCUT2D eigenvalue weighted by Gasteiger charge is -2.33. The first kappa shape index (κ1) is 31.3. The number of likely N-dealkylation sites (N-methyl/N-ethyl adjacent to an activating group) is 1. The van der Waals surface area contributed by atoms with E-state index in [9.17, 15) is 18.0 Å². The molecule has 3 aromatic carbocycles. The maximum Gasteiger partial charge on any atom is 0.244 e. The molecule has 0 aliphatic heterocycles. The first-order valence-corrected chi connectivity index (χ1v) is 15.2. The van der Waals surface area contributed by atoms with Crippen LogP contribution in [0.1, 0.15) is 23.6 Å². The summed E-state index contributed by atoms with van der Waals surface area (Å²) in [4.78, 5) is 28.9. The largest absolute Gasteiger partial charge is 0.495 e. The molecule has 0 heterocycles. The molecule has 2 amide bonds. The maximum absolute atomic E-state index is 14.1. The predicted molar refractivity (Wildman–Crippen MR) is 160 cm³/mol. The lowest BCUT2D eigenvalue weighted by molar-refractivity contribution is -0.140. The summed E-state index contributed by atoms with van der Waals surface area (Å²) in [5, 5.41) is 3.46. The second-order valence-corrected chi connectivity index (χ2v) is 12.0. The molecule has 1 N–H and O–H groups in total. The summed E-state index contributed by atoms with van der Waals surface area (Å²) in [5.74, 6) is -0.643. The van der Waals surface area contributed by atoms with Crippen LogP contribution in [-0.4, -0.2) is 57.6 Å². The topological polar surface area (TPSA) is 96.0 Å². The summed E-state index contributed by atoms with van der Waals surface area (Å²) >= 11 is 12.4. The van der Waals surface area contributed by atoms with E-state index < -0.39 is 28.5 Å². The number of aryl methyl sites for hydroxylation is 1. The van der Waals surface area contributed by atoms with Gasteiger partial charge in [-0.1, -0.05) is 65.7 Å². The average molecular weight is 607 g/mol. The Balaban J connectivity index is 2.10. The van der Waals surface area contributed by atoms with Crippen molar-refractivity contribution in [2.75, 3.05) is 30.8 Å². The Morgan fingerprint density at radius 3 is 2.27 bits per heavy atom. The highest BCUT2D eigenvalue weighted by molar-refractivity contribution is 7.92. The van der Waals surface area contributed by atoms with E-state index in [0.29, 0.717) is 27.9 Å². The third-order valence-corrected chi connectivity index (χ3v) is 8.11. The SMILES string of the molecule is CCNC(=O)[C@@H](Cc1ccccc1)N(Cc1ccc(Cl)c(Cl)c1)C(=O)CN(c1cc(C)ccc1OC)S(C)(=O)=O. The van der Waals surface area contributed by atoms with Gasteiger partial charge in [0.2, 0.25) is 21.8 Å². The Bertz CT molecular complexity index is 1450. The Hall–Kier alpha value is -3.27. The normalized spacial score (nSPS) is 11.9. The number of hydrogen-bond donors (Lipinski definition) is 1. The van der Waals surface area contributed by atoms with Crippen LogP contribution in [0.2, 0.25) is 10.0 Å². The third kappa shape index (κ3) is 8.13. The van der Waals surface area contributed by atoms with Crippen molar-refractivity contribution in [3.63, 3.8) is 0 Å². The minimum atomic E-state index is -3.93. The number of amides is 2. The molecule has 0 spiro atoms. The van der Waals surface area contributed by atoms with Gasteiger partial charge < -0.3 is 15.0 Å². The van der Waals surface area contributed by atoms with Gasteiger partial charge in [-0.2, -0.15) is 0 Å². The van der Waals surface area contributed by atoms with Crippen molar-refractivity contribution in [3.8, 4) is 5.75 Å². The molecule has 8 nitrogen and oxygen atoms in total. The first-order valence-electron chi connectivity index (χ1n) is 12.6. The summed E-state index contributed by atoms with van der Waals surface area (Å²) < 4.78 is 32.4. The zero-order valence-corrected chi connectivity index (χ0v) is 25.2. The molecule has 214 valence electrons. The molecule has 0 fully saturated rings. The number of nitrogens with one attached hydrogen (secondary N) is 1. The molecule has 0 aliphatic rings. The number of anilines is 1. The highest BCUT2D eigenvalue weighted by atomic mass is 35.5. The van der Waals surface area contributed by atoms with Gasteiger partial charge in [-0.25, -0.2) is 8.42 Å². The van der Waals surface area contributed by atoms with Crippen LogP contribution < -0.4 is 14.4 Å². The molecule has 1 atom stereocenters. The van der Waals surface area contributed by atoms with Crippen LogP contribution in [-0.2, 0) is 32.6 Å². The van der Waals surface area contributed by atoms with Crippen molar-refractivity contribution < 1.29 is 22.7 Å². The second kappa shape index (κ2) is 13.9. The number of sulfonamides is 1. The van der Waals surface area contributed by atoms with Gasteiger partial charge in [0.1, 0.15) is 18.3 Å². The smallest absolute Gasteiger partial charge is 0.244 e. The van der Waals surface area contributed by atoms with Crippen LogP contribution in [0.3, 0.4) is 0 Å². The number of ether oxygens (including phenoxy) is 1. The summed E-state index contributed by atoms with van der Waals surface area (Å²) in [6.07, 6.45) is 1.24. The number of carbonyl (C=O) groups is 2. The van der Waals surface area contributed by atoms with Crippen LogP contribution in [0.15, 0.2) is 66.7 Å². The summed E-state index contributed by atoms with van der Waals surface area (Å²) in [6, 6.07) is 18.4. The van der Waals surface area contributed by atoms with Crippen LogP contribution >= 0.6 is 23.2 Å². The molecule has 0 saturated heterocycles. The zero-order chi connectivity index (χ0) is 29.4. The molecule has 0 radical (unpaired) electrons. The monoisotopic (exact) mass is 605 g/mol. The molecule has 40 heavy (non-hydrogen) atoms. The molecule has 3 rings (SSSR count). The molecule has 3 aromatic rings. The Morgan fingerprint density at radius 2 is 1.68 bits per heavy atom. The lowest BCUT2D eigenvalue weighted by atomic mass is 10.0. The van der Waals surface area contributed by atoms with Gasteiger partial charge in [0.25, 0.3) is 0 Å². The Kier molecular flexibility index (Phi) is 10.8. The number of benzene rings is 3. The second-order valence-electron chi connectivity index (χ2n) is 9.32. The van der Waals surface area contributed by atoms with Gasteiger partial charge in [0, 0.05) is 19.5 Å². The highest BCUT2D eigenvalue weighted by Crippen LogP contribution is 2.31. The van der Waals surface area contributed by atoms with Crippen LogP contribution in [0.25, 0.3) is 0 Å². The van der Waals surface area contributed by atoms with Crippen molar-refractivity contribution in [1.82, 2.24) is 10.2 Å². The summed E-state index contributed by atoms with van der Waals surface area (Å²) in [5.41, 5.74) is 2.48. The molecule has 0 bridgehead atoms. The van der Waals surface area contributed by atoms with E-state index in [0.717, 1.165) is 21.7 Å². The van der Waals surface area contributed by atoms with E-state index in [1.807, 2.05) is 37.3 Å². The molecular formula is C29H33Cl2N3O5S. The van der Waals surface area contributed by atoms with Crippen molar-refractivity contribution in [2.24, 2.45) is 0 Å². The van der Waals surface area contributed by atoms with E-state index in [-0.39, 0.29) is 24.6 Å². The van der Waals surface area contributed by atoms with Gasteiger partial charge >= 0.3 is 0 Å². The van der Waals surface area contributed by atoms with Gasteiger partial charge in [0.05, 0.1) is 29.1 Å². The van der Waals surface area contributed by atoms with E-state index in [4.69, 9.17) is 27.9 Å². The van der Waals surface area contributed by atoms with Crippen LogP contribution in [0.4, 0.5) is 5.69 Å². The molecule has 0 aromatic heterocycles. The average Bonchev–Trinajstić information content (AvgIpc) is 2.91. The number of halogens is 2. The van der Waals surface area contributed by atoms with Crippen molar-refractivity contribution in [2.45, 2.75) is 32.9 Å². The fourth-order valence-corrected chi connectivity index (χ4v) is 5.44. The van der Waals surface area contributed by atoms with Gasteiger partial charge in [-0.05, 0) is 54.8 Å². The molecule has 0 aliphatic carbocycles. The van der Waals surface area contributed by atoms with E-state index in [1.54, 1.807) is 43.3 Å². The van der Waals surface area contributed by atoms with E-state index in [2.05, 4.69) is 5.32 Å². The summed E-state index contributed by atoms with van der Waals surface area (Å²) in [7, 11) is -2.50. The minimum absolute atomic E-state index is 0.00703. The third-order valence-electron chi connectivity index (χ3n) is 6.24. The quantitative estimate of drug-likeness (QED) is 0.318. The van der Waals surface area contributed by atoms with Crippen LogP contribution in [0.5, 0.6) is 5.75 Å². The first-order chi connectivity index (χ1) is 18.9. The van der Waals surface area contributed by atoms with Crippen LogP contribution in [0, 0.1) is 6.92 Å². The fraction of sp³-hybridized carbons (Fsp3) is 0.310. The standard InChI is InChI=1S/C29H33Cl2N3O5S/c1-5-32-29(36)26(17-21-9-7-6-8-10-21)33(18-22-12-13-23(30)24(31)16-22)28(35)19-34(40(4,37)38)25-15-20(2)11-14-27(25)39-3/h6-16,26H,5,17-19H2,1-4H3,(H,32,36)/t26-/m1/s1. The lowest BCUT2D eigenvalue weighted by Crippen LogP contribution is -2.53. The molecule has 11 heteroatoms.